The summed E-state index contributed by atoms with van der Waals surface area (Å²) in [6.07, 6.45) is 2.41. The third-order valence-electron chi connectivity index (χ3n) is 4.89. The molecule has 8 heteroatoms. The van der Waals surface area contributed by atoms with E-state index in [0.29, 0.717) is 23.5 Å². The summed E-state index contributed by atoms with van der Waals surface area (Å²) < 4.78 is 5.96. The summed E-state index contributed by atoms with van der Waals surface area (Å²) in [6, 6.07) is 5.47. The predicted molar refractivity (Wildman–Crippen MR) is 103 cm³/mol. The van der Waals surface area contributed by atoms with Gasteiger partial charge in [0.2, 0.25) is 5.95 Å². The highest BCUT2D eigenvalue weighted by molar-refractivity contribution is 9.10. The molecule has 2 aliphatic rings. The van der Waals surface area contributed by atoms with Crippen LogP contribution in [0.5, 0.6) is 0 Å². The van der Waals surface area contributed by atoms with Crippen LogP contribution in [-0.4, -0.2) is 60.0 Å². The molecule has 4 heterocycles. The van der Waals surface area contributed by atoms with E-state index < -0.39 is 0 Å². The van der Waals surface area contributed by atoms with Crippen molar-refractivity contribution in [1.82, 2.24) is 14.9 Å². The number of furan rings is 1. The van der Waals surface area contributed by atoms with Crippen molar-refractivity contribution in [3.8, 4) is 0 Å². The fraction of sp³-hybridized carbons (Fsp3) is 0.500. The summed E-state index contributed by atoms with van der Waals surface area (Å²) in [5.41, 5.74) is 0.982. The number of hydrogen-bond acceptors (Lipinski definition) is 6. The average Bonchev–Trinajstić information content (AvgIpc) is 3.32. The van der Waals surface area contributed by atoms with E-state index in [1.54, 1.807) is 12.1 Å². The number of anilines is 2. The molecule has 0 radical (unpaired) electrons. The second-order valence-corrected chi connectivity index (χ2v) is 7.53. The first kappa shape index (κ1) is 17.3. The number of carbonyl (C=O) groups excluding carboxylic acids is 1. The van der Waals surface area contributed by atoms with Crippen LogP contribution in [0.15, 0.2) is 27.3 Å². The molecule has 0 saturated carbocycles. The molecule has 2 saturated heterocycles. The molecular formula is C18H22BrN5O2. The average molecular weight is 420 g/mol. The van der Waals surface area contributed by atoms with E-state index in [9.17, 15) is 4.79 Å². The van der Waals surface area contributed by atoms with Gasteiger partial charge in [-0.1, -0.05) is 0 Å². The number of aryl methyl sites for hydroxylation is 1. The van der Waals surface area contributed by atoms with E-state index in [-0.39, 0.29) is 5.91 Å². The Labute approximate surface area is 161 Å². The third-order valence-corrected chi connectivity index (χ3v) is 5.32. The zero-order valence-electron chi connectivity index (χ0n) is 14.8. The van der Waals surface area contributed by atoms with Crippen molar-refractivity contribution in [2.45, 2.75) is 19.8 Å². The molecule has 4 rings (SSSR count). The molecule has 0 spiro atoms. The smallest absolute Gasteiger partial charge is 0.289 e. The first-order valence-corrected chi connectivity index (χ1v) is 9.80. The van der Waals surface area contributed by atoms with Gasteiger partial charge in [0, 0.05) is 51.0 Å². The van der Waals surface area contributed by atoms with Crippen LogP contribution in [0.1, 0.15) is 29.1 Å². The molecule has 0 bridgehead atoms. The minimum atomic E-state index is -0.0630. The van der Waals surface area contributed by atoms with Gasteiger partial charge in [0.25, 0.3) is 5.91 Å². The Bertz CT molecular complexity index is 795. The van der Waals surface area contributed by atoms with Crippen LogP contribution in [0.2, 0.25) is 0 Å². The molecule has 0 aromatic carbocycles. The Balaban J connectivity index is 1.43. The second kappa shape index (κ2) is 7.26. The van der Waals surface area contributed by atoms with Gasteiger partial charge in [0.15, 0.2) is 10.4 Å². The first-order valence-electron chi connectivity index (χ1n) is 9.00. The van der Waals surface area contributed by atoms with Crippen LogP contribution >= 0.6 is 15.9 Å². The molecule has 1 amide bonds. The minimum absolute atomic E-state index is 0.0630. The summed E-state index contributed by atoms with van der Waals surface area (Å²) in [4.78, 5) is 28.2. The molecule has 2 aromatic rings. The highest BCUT2D eigenvalue weighted by Crippen LogP contribution is 2.22. The molecule has 2 aromatic heterocycles. The van der Waals surface area contributed by atoms with Crippen molar-refractivity contribution in [2.24, 2.45) is 0 Å². The Morgan fingerprint density at radius 2 is 1.77 bits per heavy atom. The largest absolute Gasteiger partial charge is 0.444 e. The Hall–Kier alpha value is -2.09. The van der Waals surface area contributed by atoms with Crippen molar-refractivity contribution in [2.75, 3.05) is 49.1 Å². The predicted octanol–water partition coefficient (Wildman–Crippen LogP) is 2.70. The number of carbonyl (C=O) groups is 1. The fourth-order valence-electron chi connectivity index (χ4n) is 3.48. The van der Waals surface area contributed by atoms with Crippen LogP contribution in [0, 0.1) is 6.92 Å². The molecule has 138 valence electrons. The number of halogens is 1. The quantitative estimate of drug-likeness (QED) is 0.761. The highest BCUT2D eigenvalue weighted by atomic mass is 79.9. The molecule has 2 fully saturated rings. The lowest BCUT2D eigenvalue weighted by Gasteiger charge is -2.35. The van der Waals surface area contributed by atoms with Gasteiger partial charge in [0.1, 0.15) is 5.82 Å². The van der Waals surface area contributed by atoms with Gasteiger partial charge in [0.05, 0.1) is 0 Å². The zero-order chi connectivity index (χ0) is 18.1. The topological polar surface area (TPSA) is 65.7 Å². The first-order chi connectivity index (χ1) is 12.6. The van der Waals surface area contributed by atoms with Crippen molar-refractivity contribution >= 4 is 33.6 Å². The van der Waals surface area contributed by atoms with E-state index in [2.05, 4.69) is 30.7 Å². The van der Waals surface area contributed by atoms with E-state index >= 15 is 0 Å². The van der Waals surface area contributed by atoms with Crippen molar-refractivity contribution in [1.29, 1.82) is 0 Å². The van der Waals surface area contributed by atoms with E-state index in [4.69, 9.17) is 9.40 Å². The third kappa shape index (κ3) is 3.56. The molecule has 0 unspecified atom stereocenters. The number of nitrogens with zero attached hydrogens (tertiary/aromatic N) is 5. The highest BCUT2D eigenvalue weighted by Gasteiger charge is 2.25. The molecule has 2 aliphatic heterocycles. The number of hydrogen-bond donors (Lipinski definition) is 0. The monoisotopic (exact) mass is 419 g/mol. The summed E-state index contributed by atoms with van der Waals surface area (Å²) >= 11 is 3.24. The Morgan fingerprint density at radius 3 is 2.42 bits per heavy atom. The van der Waals surface area contributed by atoms with Crippen LogP contribution in [0.25, 0.3) is 0 Å². The van der Waals surface area contributed by atoms with Gasteiger partial charge in [-0.2, -0.15) is 4.98 Å². The standard InChI is InChI=1S/C18H22BrN5O2/c1-13-12-16(21-18(20-13)24-6-2-3-7-24)22-8-10-23(11-9-22)17(25)14-4-5-15(19)26-14/h4-5,12H,2-3,6-11H2,1H3. The molecule has 0 aliphatic carbocycles. The molecule has 0 N–H and O–H groups in total. The maximum atomic E-state index is 12.5. The summed E-state index contributed by atoms with van der Waals surface area (Å²) in [7, 11) is 0. The van der Waals surface area contributed by atoms with Gasteiger partial charge in [-0.3, -0.25) is 4.79 Å². The maximum absolute atomic E-state index is 12.5. The lowest BCUT2D eigenvalue weighted by atomic mass is 10.2. The lowest BCUT2D eigenvalue weighted by Crippen LogP contribution is -2.49. The van der Waals surface area contributed by atoms with Crippen LogP contribution in [0.4, 0.5) is 11.8 Å². The second-order valence-electron chi connectivity index (χ2n) is 6.74. The Kier molecular flexibility index (Phi) is 4.84. The van der Waals surface area contributed by atoms with E-state index in [1.165, 1.54) is 12.8 Å². The van der Waals surface area contributed by atoms with Crippen LogP contribution in [-0.2, 0) is 0 Å². The van der Waals surface area contributed by atoms with Crippen LogP contribution in [0.3, 0.4) is 0 Å². The van der Waals surface area contributed by atoms with Gasteiger partial charge >= 0.3 is 0 Å². The number of rotatable bonds is 3. The number of piperazine rings is 1. The van der Waals surface area contributed by atoms with Gasteiger partial charge < -0.3 is 19.1 Å². The SMILES string of the molecule is Cc1cc(N2CCN(C(=O)c3ccc(Br)o3)CC2)nc(N2CCCC2)n1. The van der Waals surface area contributed by atoms with E-state index in [0.717, 1.165) is 43.6 Å². The van der Waals surface area contributed by atoms with Gasteiger partial charge in [-0.15, -0.1) is 0 Å². The van der Waals surface area contributed by atoms with Gasteiger partial charge in [-0.25, -0.2) is 4.98 Å². The lowest BCUT2D eigenvalue weighted by molar-refractivity contribution is 0.0713. The van der Waals surface area contributed by atoms with Crippen molar-refractivity contribution in [3.05, 3.63) is 34.3 Å². The molecule has 0 atom stereocenters. The molecule has 7 nitrogen and oxygen atoms in total. The zero-order valence-corrected chi connectivity index (χ0v) is 16.4. The van der Waals surface area contributed by atoms with Crippen LogP contribution < -0.4 is 9.80 Å². The van der Waals surface area contributed by atoms with E-state index in [1.807, 2.05) is 17.9 Å². The maximum Gasteiger partial charge on any atom is 0.289 e. The molecule has 26 heavy (non-hydrogen) atoms. The van der Waals surface area contributed by atoms with Gasteiger partial charge in [-0.05, 0) is 47.8 Å². The molecular weight excluding hydrogens is 398 g/mol. The minimum Gasteiger partial charge on any atom is -0.444 e. The van der Waals surface area contributed by atoms with Crippen molar-refractivity contribution in [3.63, 3.8) is 0 Å². The summed E-state index contributed by atoms with van der Waals surface area (Å²) in [5.74, 6) is 2.09. The van der Waals surface area contributed by atoms with Crippen molar-refractivity contribution < 1.29 is 9.21 Å². The summed E-state index contributed by atoms with van der Waals surface area (Å²) in [6.45, 7) is 6.89. The Morgan fingerprint density at radius 1 is 1.04 bits per heavy atom. The fourth-order valence-corrected chi connectivity index (χ4v) is 3.79. The number of amides is 1. The normalized spacial score (nSPS) is 17.8. The summed E-state index contributed by atoms with van der Waals surface area (Å²) in [5, 5.41) is 0. The number of aromatic nitrogens is 2.